The van der Waals surface area contributed by atoms with E-state index in [0.717, 1.165) is 42.9 Å². The summed E-state index contributed by atoms with van der Waals surface area (Å²) in [5.74, 6) is 7.52. The number of rotatable bonds is 4. The summed E-state index contributed by atoms with van der Waals surface area (Å²) in [5.41, 5.74) is 0.792. The van der Waals surface area contributed by atoms with Gasteiger partial charge in [0.25, 0.3) is 0 Å². The maximum absolute atomic E-state index is 5.57. The van der Waals surface area contributed by atoms with Gasteiger partial charge in [-0.3, -0.25) is 0 Å². The van der Waals surface area contributed by atoms with Crippen molar-refractivity contribution in [2.75, 3.05) is 27.4 Å². The molecule has 1 unspecified atom stereocenters. The molecule has 1 heterocycles. The van der Waals surface area contributed by atoms with Gasteiger partial charge in [-0.2, -0.15) is 0 Å². The zero-order chi connectivity index (χ0) is 14.2. The molecule has 1 aliphatic rings. The first kappa shape index (κ1) is 14.7. The fraction of sp³-hybridized carbons (Fsp3) is 0.500. The molecule has 0 spiro atoms. The van der Waals surface area contributed by atoms with E-state index in [0.29, 0.717) is 6.61 Å². The Hall–Kier alpha value is -1.70. The monoisotopic (exact) mass is 276 g/mol. The lowest BCUT2D eigenvalue weighted by Gasteiger charge is -2.21. The van der Waals surface area contributed by atoms with E-state index in [1.165, 1.54) is 0 Å². The summed E-state index contributed by atoms with van der Waals surface area (Å²) >= 11 is 0. The van der Waals surface area contributed by atoms with Crippen molar-refractivity contribution < 1.29 is 18.9 Å². The van der Waals surface area contributed by atoms with E-state index in [4.69, 9.17) is 18.9 Å². The van der Waals surface area contributed by atoms with Crippen molar-refractivity contribution in [3.8, 4) is 23.3 Å². The summed E-state index contributed by atoms with van der Waals surface area (Å²) < 4.78 is 21.5. The molecule has 0 N–H and O–H groups in total. The first-order valence-corrected chi connectivity index (χ1v) is 6.77. The van der Waals surface area contributed by atoms with Crippen molar-refractivity contribution in [1.29, 1.82) is 0 Å². The second-order valence-corrected chi connectivity index (χ2v) is 4.48. The molecule has 0 bridgehead atoms. The van der Waals surface area contributed by atoms with E-state index in [1.54, 1.807) is 14.2 Å². The standard InChI is InChI=1S/C16H20O4/c1-17-14-8-9-15(18-2)13(12-14)6-5-11-20-16-7-3-4-10-19-16/h8-9,12,16H,3-4,7,10-11H2,1-2H3. The Morgan fingerprint density at radius 1 is 1.25 bits per heavy atom. The van der Waals surface area contributed by atoms with Gasteiger partial charge in [0.05, 0.1) is 19.8 Å². The predicted octanol–water partition coefficient (Wildman–Crippen LogP) is 2.60. The van der Waals surface area contributed by atoms with Crippen LogP contribution in [0, 0.1) is 11.8 Å². The fourth-order valence-corrected chi connectivity index (χ4v) is 2.02. The summed E-state index contributed by atoms with van der Waals surface area (Å²) in [5, 5.41) is 0. The molecule has 108 valence electrons. The first-order valence-electron chi connectivity index (χ1n) is 6.77. The van der Waals surface area contributed by atoms with Gasteiger partial charge in [-0.05, 0) is 37.5 Å². The second kappa shape index (κ2) is 7.78. The molecule has 2 rings (SSSR count). The summed E-state index contributed by atoms with van der Waals surface area (Å²) in [6.45, 7) is 1.13. The third-order valence-corrected chi connectivity index (χ3v) is 3.11. The molecule has 1 aliphatic heterocycles. The third-order valence-electron chi connectivity index (χ3n) is 3.11. The van der Waals surface area contributed by atoms with Gasteiger partial charge in [0.2, 0.25) is 0 Å². The van der Waals surface area contributed by atoms with Crippen LogP contribution in [-0.4, -0.2) is 33.7 Å². The largest absolute Gasteiger partial charge is 0.497 e. The molecule has 0 amide bonds. The molecular formula is C16H20O4. The topological polar surface area (TPSA) is 36.9 Å². The molecule has 1 saturated heterocycles. The van der Waals surface area contributed by atoms with Crippen molar-refractivity contribution in [1.82, 2.24) is 0 Å². The molecule has 4 nitrogen and oxygen atoms in total. The Morgan fingerprint density at radius 3 is 2.85 bits per heavy atom. The van der Waals surface area contributed by atoms with Crippen LogP contribution in [-0.2, 0) is 9.47 Å². The van der Waals surface area contributed by atoms with Gasteiger partial charge in [-0.1, -0.05) is 11.8 Å². The lowest BCUT2D eigenvalue weighted by molar-refractivity contribution is -0.154. The van der Waals surface area contributed by atoms with Crippen LogP contribution in [0.1, 0.15) is 24.8 Å². The highest BCUT2D eigenvalue weighted by Gasteiger charge is 2.12. The molecule has 1 aromatic rings. The van der Waals surface area contributed by atoms with Crippen LogP contribution >= 0.6 is 0 Å². The van der Waals surface area contributed by atoms with Crippen LogP contribution in [0.3, 0.4) is 0 Å². The van der Waals surface area contributed by atoms with E-state index in [9.17, 15) is 0 Å². The van der Waals surface area contributed by atoms with E-state index < -0.39 is 0 Å². The molecule has 0 aliphatic carbocycles. The van der Waals surface area contributed by atoms with Crippen LogP contribution in [0.25, 0.3) is 0 Å². The molecule has 20 heavy (non-hydrogen) atoms. The second-order valence-electron chi connectivity index (χ2n) is 4.48. The quantitative estimate of drug-likeness (QED) is 0.792. The third kappa shape index (κ3) is 4.16. The SMILES string of the molecule is COc1ccc(OC)c(C#CCOC2CCCCO2)c1. The summed E-state index contributed by atoms with van der Waals surface area (Å²) in [6.07, 6.45) is 3.11. The Morgan fingerprint density at radius 2 is 2.15 bits per heavy atom. The molecule has 1 aromatic carbocycles. The minimum atomic E-state index is -0.106. The van der Waals surface area contributed by atoms with Crippen molar-refractivity contribution >= 4 is 0 Å². The van der Waals surface area contributed by atoms with Crippen LogP contribution in [0.5, 0.6) is 11.5 Å². The zero-order valence-corrected chi connectivity index (χ0v) is 12.0. The van der Waals surface area contributed by atoms with Crippen LogP contribution in [0.4, 0.5) is 0 Å². The molecule has 0 saturated carbocycles. The van der Waals surface area contributed by atoms with E-state index in [-0.39, 0.29) is 6.29 Å². The Kier molecular flexibility index (Phi) is 5.72. The van der Waals surface area contributed by atoms with Gasteiger partial charge in [0.1, 0.15) is 18.1 Å². The minimum absolute atomic E-state index is 0.106. The molecule has 1 fully saturated rings. The molecule has 1 atom stereocenters. The van der Waals surface area contributed by atoms with Gasteiger partial charge >= 0.3 is 0 Å². The number of benzene rings is 1. The number of methoxy groups -OCH3 is 2. The predicted molar refractivity (Wildman–Crippen MR) is 76.0 cm³/mol. The molecular weight excluding hydrogens is 256 g/mol. The minimum Gasteiger partial charge on any atom is -0.497 e. The number of hydrogen-bond donors (Lipinski definition) is 0. The first-order chi connectivity index (χ1) is 9.83. The van der Waals surface area contributed by atoms with Crippen molar-refractivity contribution in [2.45, 2.75) is 25.6 Å². The van der Waals surface area contributed by atoms with Crippen molar-refractivity contribution in [2.24, 2.45) is 0 Å². The average molecular weight is 276 g/mol. The Bertz CT molecular complexity index is 481. The highest BCUT2D eigenvalue weighted by molar-refractivity contribution is 5.50. The summed E-state index contributed by atoms with van der Waals surface area (Å²) in [7, 11) is 3.25. The van der Waals surface area contributed by atoms with E-state index in [2.05, 4.69) is 11.8 Å². The van der Waals surface area contributed by atoms with Crippen molar-refractivity contribution in [3.05, 3.63) is 23.8 Å². The zero-order valence-electron chi connectivity index (χ0n) is 12.0. The van der Waals surface area contributed by atoms with Crippen molar-refractivity contribution in [3.63, 3.8) is 0 Å². The Labute approximate surface area is 120 Å². The van der Waals surface area contributed by atoms with Gasteiger partial charge < -0.3 is 18.9 Å². The molecule has 0 radical (unpaired) electrons. The lowest BCUT2D eigenvalue weighted by Crippen LogP contribution is -2.22. The maximum atomic E-state index is 5.57. The van der Waals surface area contributed by atoms with E-state index >= 15 is 0 Å². The number of ether oxygens (including phenoxy) is 4. The van der Waals surface area contributed by atoms with Crippen LogP contribution < -0.4 is 9.47 Å². The van der Waals surface area contributed by atoms with Gasteiger partial charge in [0, 0.05) is 6.61 Å². The lowest BCUT2D eigenvalue weighted by atomic mass is 10.2. The van der Waals surface area contributed by atoms with Gasteiger partial charge in [-0.25, -0.2) is 0 Å². The van der Waals surface area contributed by atoms with Crippen LogP contribution in [0.2, 0.25) is 0 Å². The summed E-state index contributed by atoms with van der Waals surface area (Å²) in [4.78, 5) is 0. The normalized spacial score (nSPS) is 18.0. The molecule has 0 aromatic heterocycles. The highest BCUT2D eigenvalue weighted by Crippen LogP contribution is 2.22. The van der Waals surface area contributed by atoms with Gasteiger partial charge in [0.15, 0.2) is 6.29 Å². The average Bonchev–Trinajstić information content (AvgIpc) is 2.52. The van der Waals surface area contributed by atoms with Crippen LogP contribution in [0.15, 0.2) is 18.2 Å². The smallest absolute Gasteiger partial charge is 0.158 e. The highest BCUT2D eigenvalue weighted by atomic mass is 16.7. The molecule has 4 heteroatoms. The van der Waals surface area contributed by atoms with Gasteiger partial charge in [-0.15, -0.1) is 0 Å². The maximum Gasteiger partial charge on any atom is 0.158 e. The fourth-order valence-electron chi connectivity index (χ4n) is 2.02. The van der Waals surface area contributed by atoms with E-state index in [1.807, 2.05) is 18.2 Å². The Balaban J connectivity index is 1.93. The summed E-state index contributed by atoms with van der Waals surface area (Å²) in [6, 6.07) is 5.53. The number of hydrogen-bond acceptors (Lipinski definition) is 4.